The summed E-state index contributed by atoms with van der Waals surface area (Å²) in [4.78, 5) is 0. The molecule has 2 unspecified atom stereocenters. The van der Waals surface area contributed by atoms with Crippen LogP contribution in [0, 0.1) is 0 Å². The van der Waals surface area contributed by atoms with E-state index in [0.29, 0.717) is 0 Å². The van der Waals surface area contributed by atoms with Crippen LogP contribution in [0.1, 0.15) is 6.42 Å². The van der Waals surface area contributed by atoms with Crippen molar-refractivity contribution in [2.24, 2.45) is 0 Å². The van der Waals surface area contributed by atoms with Crippen LogP contribution >= 0.6 is 0 Å². The minimum Gasteiger partial charge on any atom is -0.379 e. The molecule has 1 rings (SSSR count). The molecule has 0 aromatic rings. The van der Waals surface area contributed by atoms with Crippen LogP contribution in [0.4, 0.5) is 57.1 Å². The zero-order valence-electron chi connectivity index (χ0n) is 12.1. The average molecular weight is 420 g/mol. The summed E-state index contributed by atoms with van der Waals surface area (Å²) >= 11 is 0. The van der Waals surface area contributed by atoms with Gasteiger partial charge in [-0.1, -0.05) is 0 Å². The molecule has 2 nitrogen and oxygen atoms in total. The fourth-order valence-electron chi connectivity index (χ4n) is 1.69. The summed E-state index contributed by atoms with van der Waals surface area (Å²) in [6.07, 6.45) is -17.6. The van der Waals surface area contributed by atoms with Gasteiger partial charge in [-0.15, -0.1) is 0 Å². The number of hydrogen-bond donors (Lipinski definition) is 0. The number of epoxide rings is 1. The molecular formula is C11H9F13O2. The molecule has 1 aliphatic rings. The van der Waals surface area contributed by atoms with Crippen molar-refractivity contribution in [3.8, 4) is 0 Å². The molecule has 0 aliphatic carbocycles. The Morgan fingerprint density at radius 3 is 1.50 bits per heavy atom. The maximum atomic E-state index is 13.9. The lowest BCUT2D eigenvalue weighted by Gasteiger charge is -2.41. The molecule has 0 spiro atoms. The summed E-state index contributed by atoms with van der Waals surface area (Å²) in [5, 5.41) is 0. The fraction of sp³-hybridized carbons (Fsp3) is 1.00. The lowest BCUT2D eigenvalue weighted by molar-refractivity contribution is -0.432. The normalized spacial score (nSPS) is 22.3. The fourth-order valence-corrected chi connectivity index (χ4v) is 1.69. The standard InChI is InChI=1S/C11H9F13O2/c12-6(10(19,20)21,1-2-25-3-5-4-26-5)7(13,14)8(15,16)9(17,18)11(22,23)24/h5H,1-4H2. The van der Waals surface area contributed by atoms with Gasteiger partial charge in [0.15, 0.2) is 0 Å². The number of halogens is 13. The number of alkyl halides is 13. The van der Waals surface area contributed by atoms with E-state index < -0.39 is 61.5 Å². The van der Waals surface area contributed by atoms with Crippen molar-refractivity contribution in [2.75, 3.05) is 19.8 Å². The van der Waals surface area contributed by atoms with Gasteiger partial charge in [0.2, 0.25) is 0 Å². The van der Waals surface area contributed by atoms with Crippen molar-refractivity contribution in [1.29, 1.82) is 0 Å². The zero-order chi connectivity index (χ0) is 20.8. The molecule has 1 saturated heterocycles. The van der Waals surface area contributed by atoms with Crippen LogP contribution in [-0.2, 0) is 9.47 Å². The first kappa shape index (κ1) is 23.0. The van der Waals surface area contributed by atoms with Crippen LogP contribution in [0.2, 0.25) is 0 Å². The highest BCUT2D eigenvalue weighted by Gasteiger charge is 2.89. The number of ether oxygens (including phenoxy) is 2. The molecule has 0 N–H and O–H groups in total. The Balaban J connectivity index is 3.19. The third-order valence-corrected chi connectivity index (χ3v) is 3.39. The predicted octanol–water partition coefficient (Wildman–Crippen LogP) is 4.53. The summed E-state index contributed by atoms with van der Waals surface area (Å²) < 4.78 is 175. The smallest absolute Gasteiger partial charge is 0.379 e. The van der Waals surface area contributed by atoms with Gasteiger partial charge in [0, 0.05) is 6.42 Å². The predicted molar refractivity (Wildman–Crippen MR) is 56.0 cm³/mol. The Kier molecular flexibility index (Phi) is 5.82. The van der Waals surface area contributed by atoms with Crippen molar-refractivity contribution in [3.63, 3.8) is 0 Å². The second-order valence-electron chi connectivity index (χ2n) is 5.30. The van der Waals surface area contributed by atoms with Gasteiger partial charge in [-0.25, -0.2) is 4.39 Å². The summed E-state index contributed by atoms with van der Waals surface area (Å²) in [7, 11) is 0. The minimum absolute atomic E-state index is 0.0616. The summed E-state index contributed by atoms with van der Waals surface area (Å²) in [5.74, 6) is -22.9. The monoisotopic (exact) mass is 420 g/mol. The second kappa shape index (κ2) is 6.56. The van der Waals surface area contributed by atoms with E-state index in [0.717, 1.165) is 0 Å². The molecule has 15 heteroatoms. The van der Waals surface area contributed by atoms with Gasteiger partial charge in [0.05, 0.1) is 19.8 Å². The lowest BCUT2D eigenvalue weighted by Crippen LogP contribution is -2.71. The first-order valence-corrected chi connectivity index (χ1v) is 6.48. The summed E-state index contributed by atoms with van der Waals surface area (Å²) in [6, 6.07) is 0. The molecule has 0 saturated carbocycles. The highest BCUT2D eigenvalue weighted by atomic mass is 19.4. The zero-order valence-corrected chi connectivity index (χ0v) is 12.1. The first-order chi connectivity index (χ1) is 11.3. The van der Waals surface area contributed by atoms with Crippen LogP contribution in [0.3, 0.4) is 0 Å². The Hall–Kier alpha value is -0.990. The van der Waals surface area contributed by atoms with E-state index in [9.17, 15) is 57.1 Å². The van der Waals surface area contributed by atoms with Gasteiger partial charge < -0.3 is 9.47 Å². The molecule has 26 heavy (non-hydrogen) atoms. The second-order valence-corrected chi connectivity index (χ2v) is 5.30. The molecular weight excluding hydrogens is 411 g/mol. The van der Waals surface area contributed by atoms with E-state index in [-0.39, 0.29) is 6.61 Å². The maximum absolute atomic E-state index is 13.9. The Labute approximate surface area is 136 Å². The van der Waals surface area contributed by atoms with Crippen LogP contribution in [-0.4, -0.2) is 61.7 Å². The molecule has 0 bridgehead atoms. The van der Waals surface area contributed by atoms with Crippen molar-refractivity contribution in [3.05, 3.63) is 0 Å². The van der Waals surface area contributed by atoms with Gasteiger partial charge in [0.1, 0.15) is 6.10 Å². The molecule has 156 valence electrons. The lowest BCUT2D eigenvalue weighted by atomic mass is 9.86. The largest absolute Gasteiger partial charge is 0.460 e. The van der Waals surface area contributed by atoms with Crippen molar-refractivity contribution in [2.45, 2.75) is 48.3 Å². The van der Waals surface area contributed by atoms with Crippen molar-refractivity contribution < 1.29 is 66.5 Å². The Morgan fingerprint density at radius 1 is 0.692 bits per heavy atom. The molecule has 0 amide bonds. The van der Waals surface area contributed by atoms with E-state index in [1.807, 2.05) is 0 Å². The van der Waals surface area contributed by atoms with E-state index in [2.05, 4.69) is 9.47 Å². The quantitative estimate of drug-likeness (QED) is 0.327. The van der Waals surface area contributed by atoms with Crippen molar-refractivity contribution >= 4 is 0 Å². The SMILES string of the molecule is FC(F)(F)C(F)(F)C(F)(F)C(F)(F)C(F)(CCOCC1CO1)C(F)(F)F. The van der Waals surface area contributed by atoms with E-state index in [1.165, 1.54) is 0 Å². The van der Waals surface area contributed by atoms with Crippen LogP contribution in [0.15, 0.2) is 0 Å². The van der Waals surface area contributed by atoms with Crippen LogP contribution < -0.4 is 0 Å². The van der Waals surface area contributed by atoms with Gasteiger partial charge in [-0.05, 0) is 0 Å². The third kappa shape index (κ3) is 3.68. The Morgan fingerprint density at radius 2 is 1.15 bits per heavy atom. The van der Waals surface area contributed by atoms with Gasteiger partial charge >= 0.3 is 30.1 Å². The van der Waals surface area contributed by atoms with Crippen LogP contribution in [0.5, 0.6) is 0 Å². The highest BCUT2D eigenvalue weighted by molar-refractivity contribution is 5.12. The molecule has 0 aromatic heterocycles. The third-order valence-electron chi connectivity index (χ3n) is 3.39. The van der Waals surface area contributed by atoms with E-state index >= 15 is 0 Å². The minimum atomic E-state index is -7.75. The summed E-state index contributed by atoms with van der Waals surface area (Å²) in [5.41, 5.74) is -6.43. The van der Waals surface area contributed by atoms with E-state index in [4.69, 9.17) is 0 Å². The van der Waals surface area contributed by atoms with Crippen molar-refractivity contribution in [1.82, 2.24) is 0 Å². The van der Waals surface area contributed by atoms with Gasteiger partial charge in [-0.2, -0.15) is 52.7 Å². The van der Waals surface area contributed by atoms with E-state index in [1.54, 1.807) is 0 Å². The molecule has 0 radical (unpaired) electrons. The highest BCUT2D eigenvalue weighted by Crippen LogP contribution is 2.60. The molecule has 1 fully saturated rings. The maximum Gasteiger partial charge on any atom is 0.460 e. The Bertz CT molecular complexity index is 493. The summed E-state index contributed by atoms with van der Waals surface area (Å²) in [6.45, 7) is -2.11. The molecule has 1 aliphatic heterocycles. The molecule has 2 atom stereocenters. The number of hydrogen-bond acceptors (Lipinski definition) is 2. The number of rotatable bonds is 8. The van der Waals surface area contributed by atoms with Gasteiger partial charge in [-0.3, -0.25) is 0 Å². The molecule has 1 heterocycles. The van der Waals surface area contributed by atoms with Gasteiger partial charge in [0.25, 0.3) is 5.67 Å². The first-order valence-electron chi connectivity index (χ1n) is 6.48. The molecule has 0 aromatic carbocycles. The topological polar surface area (TPSA) is 21.8 Å². The van der Waals surface area contributed by atoms with Crippen LogP contribution in [0.25, 0.3) is 0 Å². The average Bonchev–Trinajstić information content (AvgIpc) is 3.24.